The van der Waals surface area contributed by atoms with Crippen LogP contribution in [-0.2, 0) is 16.1 Å². The molecule has 0 bridgehead atoms. The summed E-state index contributed by atoms with van der Waals surface area (Å²) in [6, 6.07) is 3.49. The molecule has 1 aliphatic rings. The molecule has 0 saturated carbocycles. The highest BCUT2D eigenvalue weighted by atomic mass is 35.5. The molecule has 1 atom stereocenters. The first-order valence-electron chi connectivity index (χ1n) is 7.87. The molecule has 0 spiro atoms. The second-order valence-electron chi connectivity index (χ2n) is 6.80. The van der Waals surface area contributed by atoms with Crippen molar-refractivity contribution >= 4 is 17.7 Å². The Bertz CT molecular complexity index is 516. The quantitative estimate of drug-likeness (QED) is 0.840. The smallest absolute Gasteiger partial charge is 0.410 e. The third kappa shape index (κ3) is 6.31. The molecule has 0 aliphatic carbocycles. The van der Waals surface area contributed by atoms with E-state index in [0.29, 0.717) is 30.8 Å². The van der Waals surface area contributed by atoms with Gasteiger partial charge in [0.25, 0.3) is 0 Å². The molecule has 7 heteroatoms. The van der Waals surface area contributed by atoms with Gasteiger partial charge in [-0.25, -0.2) is 4.79 Å². The van der Waals surface area contributed by atoms with Crippen molar-refractivity contribution in [2.75, 3.05) is 19.7 Å². The average molecular weight is 342 g/mol. The molecule has 0 aromatic carbocycles. The number of carbonyl (C=O) groups excluding carboxylic acids is 1. The molecule has 128 valence electrons. The maximum Gasteiger partial charge on any atom is 0.410 e. The molecule has 23 heavy (non-hydrogen) atoms. The first kappa shape index (κ1) is 17.9. The molecule has 2 heterocycles. The second kappa shape index (κ2) is 7.93. The van der Waals surface area contributed by atoms with Crippen molar-refractivity contribution < 1.29 is 14.3 Å². The Kier molecular flexibility index (Phi) is 6.18. The lowest BCUT2D eigenvalue weighted by Crippen LogP contribution is -2.43. The van der Waals surface area contributed by atoms with Gasteiger partial charge in [-0.15, -0.1) is 5.10 Å². The van der Waals surface area contributed by atoms with Gasteiger partial charge < -0.3 is 14.4 Å². The van der Waals surface area contributed by atoms with Crippen LogP contribution in [0.25, 0.3) is 0 Å². The lowest BCUT2D eigenvalue weighted by Gasteiger charge is -2.34. The summed E-state index contributed by atoms with van der Waals surface area (Å²) >= 11 is 5.70. The molecule has 0 radical (unpaired) electrons. The number of likely N-dealkylation sites (tertiary alicyclic amines) is 1. The maximum absolute atomic E-state index is 12.1. The third-order valence-corrected chi connectivity index (χ3v) is 3.66. The average Bonchev–Trinajstić information content (AvgIpc) is 2.48. The lowest BCUT2D eigenvalue weighted by molar-refractivity contribution is 0.00563. The van der Waals surface area contributed by atoms with Crippen molar-refractivity contribution in [1.29, 1.82) is 0 Å². The van der Waals surface area contributed by atoms with E-state index in [1.54, 1.807) is 17.0 Å². The zero-order valence-electron chi connectivity index (χ0n) is 13.9. The van der Waals surface area contributed by atoms with Gasteiger partial charge in [0.15, 0.2) is 5.15 Å². The largest absolute Gasteiger partial charge is 0.444 e. The van der Waals surface area contributed by atoms with Gasteiger partial charge in [-0.2, -0.15) is 5.10 Å². The van der Waals surface area contributed by atoms with Gasteiger partial charge in [-0.3, -0.25) is 0 Å². The Morgan fingerprint density at radius 2 is 2.17 bits per heavy atom. The van der Waals surface area contributed by atoms with Crippen LogP contribution in [0.2, 0.25) is 5.15 Å². The first-order chi connectivity index (χ1) is 10.8. The monoisotopic (exact) mass is 341 g/mol. The number of aromatic nitrogens is 2. The van der Waals surface area contributed by atoms with E-state index in [2.05, 4.69) is 10.2 Å². The summed E-state index contributed by atoms with van der Waals surface area (Å²) in [5.74, 6) is 0.316. The highest BCUT2D eigenvalue weighted by molar-refractivity contribution is 6.29. The van der Waals surface area contributed by atoms with E-state index in [4.69, 9.17) is 21.1 Å². The van der Waals surface area contributed by atoms with Crippen LogP contribution in [0, 0.1) is 5.92 Å². The SMILES string of the molecule is CC(C)(C)OC(=O)N1CCC[C@H](COCc2ccc(Cl)nn2)C1. The highest BCUT2D eigenvalue weighted by Gasteiger charge is 2.27. The van der Waals surface area contributed by atoms with Crippen molar-refractivity contribution in [1.82, 2.24) is 15.1 Å². The minimum absolute atomic E-state index is 0.245. The fraction of sp³-hybridized carbons (Fsp3) is 0.688. The van der Waals surface area contributed by atoms with E-state index < -0.39 is 5.60 Å². The van der Waals surface area contributed by atoms with Crippen LogP contribution < -0.4 is 0 Å². The maximum atomic E-state index is 12.1. The predicted molar refractivity (Wildman–Crippen MR) is 87.2 cm³/mol. The van der Waals surface area contributed by atoms with E-state index in [1.165, 1.54) is 0 Å². The minimum atomic E-state index is -0.465. The first-order valence-corrected chi connectivity index (χ1v) is 8.25. The summed E-state index contributed by atoms with van der Waals surface area (Å²) in [7, 11) is 0. The van der Waals surface area contributed by atoms with E-state index in [0.717, 1.165) is 25.1 Å². The van der Waals surface area contributed by atoms with Gasteiger partial charge in [0.05, 0.1) is 18.9 Å². The van der Waals surface area contributed by atoms with Crippen LogP contribution in [0.3, 0.4) is 0 Å². The topological polar surface area (TPSA) is 64.5 Å². The zero-order valence-corrected chi connectivity index (χ0v) is 14.7. The molecule has 1 saturated heterocycles. The zero-order chi connectivity index (χ0) is 16.9. The van der Waals surface area contributed by atoms with E-state index in [1.807, 2.05) is 20.8 Å². The van der Waals surface area contributed by atoms with Gasteiger partial charge >= 0.3 is 6.09 Å². The molecule has 1 aromatic heterocycles. The normalized spacial score (nSPS) is 18.8. The van der Waals surface area contributed by atoms with E-state index in [9.17, 15) is 4.79 Å². The highest BCUT2D eigenvalue weighted by Crippen LogP contribution is 2.20. The van der Waals surface area contributed by atoms with E-state index >= 15 is 0 Å². The van der Waals surface area contributed by atoms with Gasteiger partial charge in [-0.1, -0.05) is 11.6 Å². The minimum Gasteiger partial charge on any atom is -0.444 e. The van der Waals surface area contributed by atoms with Crippen LogP contribution in [-0.4, -0.2) is 46.5 Å². The summed E-state index contributed by atoms with van der Waals surface area (Å²) < 4.78 is 11.1. The number of hydrogen-bond donors (Lipinski definition) is 0. The Morgan fingerprint density at radius 1 is 1.39 bits per heavy atom. The molecule has 6 nitrogen and oxygen atoms in total. The Labute approximate surface area is 142 Å². The fourth-order valence-electron chi connectivity index (χ4n) is 2.44. The summed E-state index contributed by atoms with van der Waals surface area (Å²) in [4.78, 5) is 13.9. The molecule has 1 aromatic rings. The number of rotatable bonds is 4. The standard InChI is InChI=1S/C16H24ClN3O3/c1-16(2,3)23-15(21)20-8-4-5-12(9-20)10-22-11-13-6-7-14(17)19-18-13/h6-7,12H,4-5,8-11H2,1-3H3/t12-/m0/s1. The molecule has 1 amide bonds. The molecule has 1 fully saturated rings. The molecule has 2 rings (SSSR count). The summed E-state index contributed by atoms with van der Waals surface area (Å²) in [6.07, 6.45) is 1.77. The lowest BCUT2D eigenvalue weighted by atomic mass is 9.99. The van der Waals surface area contributed by atoms with Crippen molar-refractivity contribution in [3.05, 3.63) is 23.0 Å². The number of hydrogen-bond acceptors (Lipinski definition) is 5. The number of halogens is 1. The third-order valence-electron chi connectivity index (χ3n) is 3.46. The van der Waals surface area contributed by atoms with Crippen LogP contribution in [0.15, 0.2) is 12.1 Å². The number of piperidine rings is 1. The van der Waals surface area contributed by atoms with Crippen molar-refractivity contribution in [2.45, 2.75) is 45.8 Å². The van der Waals surface area contributed by atoms with Crippen LogP contribution >= 0.6 is 11.6 Å². The van der Waals surface area contributed by atoms with E-state index in [-0.39, 0.29) is 6.09 Å². The Hall–Kier alpha value is -1.40. The van der Waals surface area contributed by atoms with Gasteiger partial charge in [-0.05, 0) is 45.7 Å². The molecule has 0 N–H and O–H groups in total. The predicted octanol–water partition coefficient (Wildman–Crippen LogP) is 3.29. The number of nitrogens with zero attached hydrogens (tertiary/aromatic N) is 3. The van der Waals surface area contributed by atoms with Crippen LogP contribution in [0.5, 0.6) is 0 Å². The number of carbonyl (C=O) groups is 1. The molecule has 1 aliphatic heterocycles. The van der Waals surface area contributed by atoms with Crippen LogP contribution in [0.1, 0.15) is 39.3 Å². The Balaban J connectivity index is 1.75. The fourth-order valence-corrected chi connectivity index (χ4v) is 2.54. The Morgan fingerprint density at radius 3 is 2.83 bits per heavy atom. The second-order valence-corrected chi connectivity index (χ2v) is 7.18. The van der Waals surface area contributed by atoms with Crippen molar-refractivity contribution in [3.8, 4) is 0 Å². The van der Waals surface area contributed by atoms with Gasteiger partial charge in [0.2, 0.25) is 0 Å². The number of ether oxygens (including phenoxy) is 2. The number of amides is 1. The van der Waals surface area contributed by atoms with Gasteiger partial charge in [0, 0.05) is 19.0 Å². The van der Waals surface area contributed by atoms with Crippen molar-refractivity contribution in [2.24, 2.45) is 5.92 Å². The molecular formula is C16H24ClN3O3. The van der Waals surface area contributed by atoms with Gasteiger partial charge in [0.1, 0.15) is 5.60 Å². The molecule has 0 unspecified atom stereocenters. The summed E-state index contributed by atoms with van der Waals surface area (Å²) in [6.45, 7) is 8.03. The van der Waals surface area contributed by atoms with Crippen molar-refractivity contribution in [3.63, 3.8) is 0 Å². The summed E-state index contributed by atoms with van der Waals surface area (Å²) in [5.41, 5.74) is 0.280. The van der Waals surface area contributed by atoms with Crippen LogP contribution in [0.4, 0.5) is 4.79 Å². The molecular weight excluding hydrogens is 318 g/mol. The summed E-state index contributed by atoms with van der Waals surface area (Å²) in [5, 5.41) is 8.10.